The molecule has 0 aliphatic heterocycles. The first-order chi connectivity index (χ1) is 11.5. The van der Waals surface area contributed by atoms with E-state index in [1.807, 2.05) is 31.2 Å². The zero-order valence-electron chi connectivity index (χ0n) is 13.7. The molecule has 2 aromatic carbocycles. The van der Waals surface area contributed by atoms with E-state index < -0.39 is 5.97 Å². The van der Waals surface area contributed by atoms with Crippen LogP contribution in [0.3, 0.4) is 0 Å². The van der Waals surface area contributed by atoms with Crippen LogP contribution < -0.4 is 9.47 Å². The van der Waals surface area contributed by atoms with Crippen molar-refractivity contribution in [3.63, 3.8) is 0 Å². The number of fused-ring (bicyclic) bond motifs is 1. The number of pyridine rings is 1. The average Bonchev–Trinajstić information content (AvgIpc) is 2.60. The van der Waals surface area contributed by atoms with Crippen LogP contribution in [0.2, 0.25) is 0 Å². The maximum absolute atomic E-state index is 11.7. The highest BCUT2D eigenvalue weighted by molar-refractivity contribution is 6.04. The maximum Gasteiger partial charge on any atom is 0.336 e. The number of aromatic carboxylic acids is 1. The summed E-state index contributed by atoms with van der Waals surface area (Å²) in [4.78, 5) is 16.3. The van der Waals surface area contributed by atoms with Crippen LogP contribution in [0.4, 0.5) is 0 Å². The van der Waals surface area contributed by atoms with Gasteiger partial charge in [0.05, 0.1) is 31.0 Å². The van der Waals surface area contributed by atoms with Crippen molar-refractivity contribution in [2.24, 2.45) is 0 Å². The van der Waals surface area contributed by atoms with Gasteiger partial charge in [0, 0.05) is 17.0 Å². The molecule has 24 heavy (non-hydrogen) atoms. The van der Waals surface area contributed by atoms with Gasteiger partial charge in [-0.3, -0.25) is 0 Å². The van der Waals surface area contributed by atoms with Crippen molar-refractivity contribution in [2.45, 2.75) is 6.92 Å². The van der Waals surface area contributed by atoms with Gasteiger partial charge in [-0.25, -0.2) is 9.78 Å². The van der Waals surface area contributed by atoms with Crippen molar-refractivity contribution >= 4 is 16.9 Å². The third-order valence-corrected chi connectivity index (χ3v) is 3.88. The lowest BCUT2D eigenvalue weighted by Crippen LogP contribution is -2.01. The van der Waals surface area contributed by atoms with Crippen molar-refractivity contribution in [1.82, 2.24) is 4.98 Å². The van der Waals surface area contributed by atoms with Crippen molar-refractivity contribution < 1.29 is 19.4 Å². The van der Waals surface area contributed by atoms with Crippen molar-refractivity contribution in [3.8, 4) is 22.8 Å². The number of ether oxygens (including phenoxy) is 2. The zero-order chi connectivity index (χ0) is 17.3. The van der Waals surface area contributed by atoms with Crippen LogP contribution >= 0.6 is 0 Å². The number of carboxylic acids is 1. The molecule has 1 N–H and O–H groups in total. The van der Waals surface area contributed by atoms with Gasteiger partial charge in [0.25, 0.3) is 0 Å². The van der Waals surface area contributed by atoms with E-state index in [0.717, 1.165) is 5.56 Å². The van der Waals surface area contributed by atoms with Gasteiger partial charge in [-0.05, 0) is 37.3 Å². The van der Waals surface area contributed by atoms with E-state index in [9.17, 15) is 9.90 Å². The molecular formula is C19H17NO4. The maximum atomic E-state index is 11.7. The first-order valence-electron chi connectivity index (χ1n) is 7.40. The molecule has 122 valence electrons. The summed E-state index contributed by atoms with van der Waals surface area (Å²) in [6.07, 6.45) is 0. The largest absolute Gasteiger partial charge is 0.497 e. The average molecular weight is 323 g/mol. The number of nitrogens with zero attached hydrogens (tertiary/aromatic N) is 1. The fourth-order valence-corrected chi connectivity index (χ4v) is 2.66. The van der Waals surface area contributed by atoms with Gasteiger partial charge < -0.3 is 14.6 Å². The summed E-state index contributed by atoms with van der Waals surface area (Å²) in [5, 5.41) is 10.2. The number of aryl methyl sites for hydroxylation is 1. The van der Waals surface area contributed by atoms with Gasteiger partial charge in [0.1, 0.15) is 11.5 Å². The minimum Gasteiger partial charge on any atom is -0.497 e. The predicted molar refractivity (Wildman–Crippen MR) is 92.0 cm³/mol. The summed E-state index contributed by atoms with van der Waals surface area (Å²) in [5.41, 5.74) is 3.10. The molecule has 0 bridgehead atoms. The Kier molecular flexibility index (Phi) is 4.08. The molecule has 0 aliphatic rings. The van der Waals surface area contributed by atoms with E-state index in [0.29, 0.717) is 33.7 Å². The van der Waals surface area contributed by atoms with Crippen molar-refractivity contribution in [2.75, 3.05) is 14.2 Å². The van der Waals surface area contributed by atoms with Crippen LogP contribution in [0.25, 0.3) is 22.2 Å². The molecule has 0 radical (unpaired) electrons. The normalized spacial score (nSPS) is 10.6. The first kappa shape index (κ1) is 15.8. The molecule has 3 aromatic rings. The second-order valence-corrected chi connectivity index (χ2v) is 5.45. The van der Waals surface area contributed by atoms with Gasteiger partial charge in [-0.1, -0.05) is 11.6 Å². The lowest BCUT2D eigenvalue weighted by molar-refractivity contribution is 0.0699. The van der Waals surface area contributed by atoms with Gasteiger partial charge in [0.2, 0.25) is 0 Å². The van der Waals surface area contributed by atoms with Crippen LogP contribution in [0.15, 0.2) is 42.5 Å². The van der Waals surface area contributed by atoms with E-state index in [4.69, 9.17) is 9.47 Å². The number of hydrogen-bond acceptors (Lipinski definition) is 4. The molecule has 0 atom stereocenters. The second-order valence-electron chi connectivity index (χ2n) is 5.45. The highest BCUT2D eigenvalue weighted by atomic mass is 16.5. The van der Waals surface area contributed by atoms with Crippen molar-refractivity contribution in [3.05, 3.63) is 53.6 Å². The standard InChI is InChI=1S/C19H17NO4/c1-11-4-7-16-14(8-11)15(19(21)22)10-17(20-16)13-6-5-12(23-2)9-18(13)24-3/h4-10H,1-3H3,(H,21,22). The summed E-state index contributed by atoms with van der Waals surface area (Å²) < 4.78 is 10.6. The molecule has 1 heterocycles. The number of hydrogen-bond donors (Lipinski definition) is 1. The SMILES string of the molecule is COc1ccc(-c2cc(C(=O)O)c3cc(C)ccc3n2)c(OC)c1. The minimum absolute atomic E-state index is 0.219. The van der Waals surface area contributed by atoms with Gasteiger partial charge in [0.15, 0.2) is 0 Å². The Morgan fingerprint density at radius 1 is 1.04 bits per heavy atom. The summed E-state index contributed by atoms with van der Waals surface area (Å²) in [6.45, 7) is 1.92. The molecule has 0 saturated carbocycles. The lowest BCUT2D eigenvalue weighted by atomic mass is 10.0. The van der Waals surface area contributed by atoms with E-state index in [-0.39, 0.29) is 5.56 Å². The van der Waals surface area contributed by atoms with E-state index >= 15 is 0 Å². The molecule has 0 unspecified atom stereocenters. The van der Waals surface area contributed by atoms with Crippen LogP contribution in [0, 0.1) is 6.92 Å². The Morgan fingerprint density at radius 2 is 1.83 bits per heavy atom. The van der Waals surface area contributed by atoms with Crippen LogP contribution in [-0.4, -0.2) is 30.3 Å². The topological polar surface area (TPSA) is 68.7 Å². The number of rotatable bonds is 4. The molecule has 0 amide bonds. The third kappa shape index (κ3) is 2.76. The van der Waals surface area contributed by atoms with Crippen LogP contribution in [-0.2, 0) is 0 Å². The number of benzene rings is 2. The molecular weight excluding hydrogens is 306 g/mol. The Hall–Kier alpha value is -3.08. The Bertz CT molecular complexity index is 934. The fraction of sp³-hybridized carbons (Fsp3) is 0.158. The molecule has 5 nitrogen and oxygen atoms in total. The third-order valence-electron chi connectivity index (χ3n) is 3.88. The summed E-state index contributed by atoms with van der Waals surface area (Å²) in [7, 11) is 3.13. The van der Waals surface area contributed by atoms with Crippen molar-refractivity contribution in [1.29, 1.82) is 0 Å². The van der Waals surface area contributed by atoms with Gasteiger partial charge in [-0.2, -0.15) is 0 Å². The smallest absolute Gasteiger partial charge is 0.336 e. The molecule has 5 heteroatoms. The zero-order valence-corrected chi connectivity index (χ0v) is 13.7. The van der Waals surface area contributed by atoms with Crippen LogP contribution in [0.1, 0.15) is 15.9 Å². The van der Waals surface area contributed by atoms with Gasteiger partial charge in [-0.15, -0.1) is 0 Å². The monoisotopic (exact) mass is 323 g/mol. The Morgan fingerprint density at radius 3 is 2.50 bits per heavy atom. The molecule has 0 saturated heterocycles. The predicted octanol–water partition coefficient (Wildman–Crippen LogP) is 3.93. The minimum atomic E-state index is -0.985. The highest BCUT2D eigenvalue weighted by Gasteiger charge is 2.16. The molecule has 0 aliphatic carbocycles. The quantitative estimate of drug-likeness (QED) is 0.788. The summed E-state index contributed by atoms with van der Waals surface area (Å²) in [5.74, 6) is 0.247. The number of carboxylic acid groups (broad SMARTS) is 1. The van der Waals surface area contributed by atoms with E-state index in [2.05, 4.69) is 4.98 Å². The van der Waals surface area contributed by atoms with E-state index in [1.165, 1.54) is 0 Å². The van der Waals surface area contributed by atoms with Crippen LogP contribution in [0.5, 0.6) is 11.5 Å². The number of methoxy groups -OCH3 is 2. The molecule has 0 fully saturated rings. The summed E-state index contributed by atoms with van der Waals surface area (Å²) in [6, 6.07) is 12.5. The highest BCUT2D eigenvalue weighted by Crippen LogP contribution is 2.34. The lowest BCUT2D eigenvalue weighted by Gasteiger charge is -2.12. The Balaban J connectivity index is 2.27. The summed E-state index contributed by atoms with van der Waals surface area (Å²) >= 11 is 0. The number of carbonyl (C=O) groups is 1. The fourth-order valence-electron chi connectivity index (χ4n) is 2.66. The molecule has 3 rings (SSSR count). The van der Waals surface area contributed by atoms with E-state index in [1.54, 1.807) is 32.4 Å². The first-order valence-corrected chi connectivity index (χ1v) is 7.40. The molecule has 1 aromatic heterocycles. The second kappa shape index (κ2) is 6.20. The number of aromatic nitrogens is 1. The molecule has 0 spiro atoms. The Labute approximate surface area is 139 Å². The van der Waals surface area contributed by atoms with Gasteiger partial charge >= 0.3 is 5.97 Å².